The third-order valence-electron chi connectivity index (χ3n) is 4.53. The van der Waals surface area contributed by atoms with Crippen molar-refractivity contribution in [3.8, 4) is 11.5 Å². The summed E-state index contributed by atoms with van der Waals surface area (Å²) < 4.78 is 11.7. The van der Waals surface area contributed by atoms with Crippen LogP contribution in [0.25, 0.3) is 0 Å². The summed E-state index contributed by atoms with van der Waals surface area (Å²) in [6.45, 7) is 5.13. The van der Waals surface area contributed by atoms with Gasteiger partial charge in [0.1, 0.15) is 6.61 Å². The number of halogens is 2. The van der Waals surface area contributed by atoms with Gasteiger partial charge in [0.15, 0.2) is 11.5 Å². The molecule has 7 heteroatoms. The number of anilines is 1. The van der Waals surface area contributed by atoms with Gasteiger partial charge in [-0.15, -0.1) is 0 Å². The Labute approximate surface area is 191 Å². The number of aryl methyl sites for hydroxylation is 1. The van der Waals surface area contributed by atoms with E-state index in [1.165, 1.54) is 12.1 Å². The molecule has 0 radical (unpaired) electrons. The monoisotopic (exact) mass is 459 g/mol. The largest absolute Gasteiger partial charge is 0.490 e. The molecule has 0 saturated heterocycles. The molecule has 3 aromatic rings. The zero-order chi connectivity index (χ0) is 22.4. The van der Waals surface area contributed by atoms with Crippen LogP contribution in [-0.4, -0.2) is 17.7 Å². The Kier molecular flexibility index (Phi) is 7.66. The van der Waals surface area contributed by atoms with Crippen LogP contribution in [0.1, 0.15) is 34.0 Å². The van der Waals surface area contributed by atoms with Gasteiger partial charge >= 0.3 is 5.97 Å². The van der Waals surface area contributed by atoms with E-state index in [2.05, 4.69) is 11.4 Å². The number of carboxylic acid groups (broad SMARTS) is 1. The quantitative estimate of drug-likeness (QED) is 0.377. The first kappa shape index (κ1) is 22.8. The number of nitrogens with one attached hydrogen (secondary N) is 1. The van der Waals surface area contributed by atoms with Crippen LogP contribution >= 0.6 is 23.2 Å². The zero-order valence-electron chi connectivity index (χ0n) is 17.2. The first-order valence-electron chi connectivity index (χ1n) is 9.77. The van der Waals surface area contributed by atoms with Crippen LogP contribution < -0.4 is 14.8 Å². The minimum absolute atomic E-state index is 0.153. The van der Waals surface area contributed by atoms with Gasteiger partial charge in [-0.3, -0.25) is 0 Å². The molecule has 162 valence electrons. The Balaban J connectivity index is 1.78. The van der Waals surface area contributed by atoms with Gasteiger partial charge in [0.2, 0.25) is 0 Å². The molecule has 0 aromatic heterocycles. The van der Waals surface area contributed by atoms with Crippen molar-refractivity contribution in [2.45, 2.75) is 27.0 Å². The molecule has 0 heterocycles. The Bertz CT molecular complexity index is 1090. The first-order chi connectivity index (χ1) is 14.9. The standard InChI is InChI=1S/C24H23Cl2NO4/c1-3-30-22-11-17(13-27-21-12-18(24(28)29)7-8-19(21)25)10-20(26)23(22)31-14-16-6-4-5-15(2)9-16/h4-12,27H,3,13-14H2,1-2H3,(H,28,29). The number of carbonyl (C=O) groups is 1. The van der Waals surface area contributed by atoms with E-state index in [0.29, 0.717) is 47.0 Å². The van der Waals surface area contributed by atoms with Crippen LogP contribution in [0.2, 0.25) is 10.0 Å². The molecular weight excluding hydrogens is 437 g/mol. The molecule has 0 unspecified atom stereocenters. The summed E-state index contributed by atoms with van der Waals surface area (Å²) in [6.07, 6.45) is 0. The minimum atomic E-state index is -1.02. The van der Waals surface area contributed by atoms with Crippen LogP contribution in [0.15, 0.2) is 54.6 Å². The van der Waals surface area contributed by atoms with Gasteiger partial charge in [-0.05, 0) is 55.3 Å². The summed E-state index contributed by atoms with van der Waals surface area (Å²) in [7, 11) is 0. The molecule has 3 rings (SSSR count). The van der Waals surface area contributed by atoms with E-state index in [1.807, 2.05) is 38.1 Å². The molecule has 3 aromatic carbocycles. The van der Waals surface area contributed by atoms with Crippen molar-refractivity contribution in [3.05, 3.63) is 86.9 Å². The maximum atomic E-state index is 11.2. The normalized spacial score (nSPS) is 10.6. The molecule has 0 aliphatic carbocycles. The van der Waals surface area contributed by atoms with E-state index in [1.54, 1.807) is 12.1 Å². The zero-order valence-corrected chi connectivity index (χ0v) is 18.8. The lowest BCUT2D eigenvalue weighted by molar-refractivity contribution is 0.0697. The summed E-state index contributed by atoms with van der Waals surface area (Å²) >= 11 is 12.7. The molecule has 0 bridgehead atoms. The highest BCUT2D eigenvalue weighted by Crippen LogP contribution is 2.37. The van der Waals surface area contributed by atoms with Crippen LogP contribution in [0.5, 0.6) is 11.5 Å². The van der Waals surface area contributed by atoms with Crippen LogP contribution in [0, 0.1) is 6.92 Å². The molecule has 0 aliphatic heterocycles. The van der Waals surface area contributed by atoms with Crippen LogP contribution in [-0.2, 0) is 13.2 Å². The molecule has 0 fully saturated rings. The van der Waals surface area contributed by atoms with Gasteiger partial charge in [0.25, 0.3) is 0 Å². The van der Waals surface area contributed by atoms with E-state index >= 15 is 0 Å². The van der Waals surface area contributed by atoms with E-state index < -0.39 is 5.97 Å². The summed E-state index contributed by atoms with van der Waals surface area (Å²) in [5.74, 6) is 0.0148. The van der Waals surface area contributed by atoms with Crippen molar-refractivity contribution in [1.29, 1.82) is 0 Å². The molecule has 2 N–H and O–H groups in total. The van der Waals surface area contributed by atoms with E-state index in [9.17, 15) is 9.90 Å². The number of carboxylic acids is 1. The fraction of sp³-hybridized carbons (Fsp3) is 0.208. The molecule has 5 nitrogen and oxygen atoms in total. The lowest BCUT2D eigenvalue weighted by atomic mass is 10.1. The van der Waals surface area contributed by atoms with E-state index in [-0.39, 0.29) is 5.56 Å². The van der Waals surface area contributed by atoms with E-state index in [0.717, 1.165) is 16.7 Å². The Hall–Kier alpha value is -2.89. The summed E-state index contributed by atoms with van der Waals surface area (Å²) in [5.41, 5.74) is 3.71. The number of benzene rings is 3. The van der Waals surface area contributed by atoms with Crippen molar-refractivity contribution < 1.29 is 19.4 Å². The second-order valence-corrected chi connectivity index (χ2v) is 7.78. The predicted octanol–water partition coefficient (Wildman–Crippen LogP) is 6.59. The predicted molar refractivity (Wildman–Crippen MR) is 124 cm³/mol. The minimum Gasteiger partial charge on any atom is -0.490 e. The molecule has 0 spiro atoms. The highest BCUT2D eigenvalue weighted by Gasteiger charge is 2.14. The van der Waals surface area contributed by atoms with Crippen molar-refractivity contribution in [2.24, 2.45) is 0 Å². The Morgan fingerprint density at radius 2 is 1.81 bits per heavy atom. The molecule has 0 amide bonds. The molecular formula is C24H23Cl2NO4. The van der Waals surface area contributed by atoms with Gasteiger partial charge in [-0.1, -0.05) is 53.0 Å². The lowest BCUT2D eigenvalue weighted by Crippen LogP contribution is -2.05. The highest BCUT2D eigenvalue weighted by atomic mass is 35.5. The number of aromatic carboxylic acids is 1. The smallest absolute Gasteiger partial charge is 0.335 e. The van der Waals surface area contributed by atoms with E-state index in [4.69, 9.17) is 32.7 Å². The van der Waals surface area contributed by atoms with Crippen molar-refractivity contribution in [3.63, 3.8) is 0 Å². The number of hydrogen-bond acceptors (Lipinski definition) is 4. The van der Waals surface area contributed by atoms with Crippen molar-refractivity contribution in [1.82, 2.24) is 0 Å². The fourth-order valence-electron chi connectivity index (χ4n) is 3.07. The summed E-state index contributed by atoms with van der Waals surface area (Å²) in [5, 5.41) is 13.2. The number of rotatable bonds is 9. The van der Waals surface area contributed by atoms with Crippen LogP contribution in [0.4, 0.5) is 5.69 Å². The summed E-state index contributed by atoms with van der Waals surface area (Å²) in [4.78, 5) is 11.2. The Morgan fingerprint density at radius 3 is 2.52 bits per heavy atom. The molecule has 0 saturated carbocycles. The lowest BCUT2D eigenvalue weighted by Gasteiger charge is -2.16. The number of hydrogen-bond donors (Lipinski definition) is 2. The SMILES string of the molecule is CCOc1cc(CNc2cc(C(=O)O)ccc2Cl)cc(Cl)c1OCc1cccc(C)c1. The van der Waals surface area contributed by atoms with Gasteiger partial charge in [0.05, 0.1) is 27.9 Å². The van der Waals surface area contributed by atoms with Crippen molar-refractivity contribution in [2.75, 3.05) is 11.9 Å². The molecule has 0 aliphatic rings. The van der Waals surface area contributed by atoms with Gasteiger partial charge in [-0.25, -0.2) is 4.79 Å². The van der Waals surface area contributed by atoms with Gasteiger partial charge in [-0.2, -0.15) is 0 Å². The average Bonchev–Trinajstić information content (AvgIpc) is 2.72. The molecule has 0 atom stereocenters. The topological polar surface area (TPSA) is 67.8 Å². The van der Waals surface area contributed by atoms with Crippen molar-refractivity contribution >= 4 is 34.9 Å². The number of ether oxygens (including phenoxy) is 2. The highest BCUT2D eigenvalue weighted by molar-refractivity contribution is 6.33. The second-order valence-electron chi connectivity index (χ2n) is 6.97. The molecule has 31 heavy (non-hydrogen) atoms. The maximum Gasteiger partial charge on any atom is 0.335 e. The second kappa shape index (κ2) is 10.4. The maximum absolute atomic E-state index is 11.2. The fourth-order valence-corrected chi connectivity index (χ4v) is 3.55. The third kappa shape index (κ3) is 6.06. The first-order valence-corrected chi connectivity index (χ1v) is 10.5. The van der Waals surface area contributed by atoms with Crippen LogP contribution in [0.3, 0.4) is 0 Å². The summed E-state index contributed by atoms with van der Waals surface area (Å²) in [6, 6.07) is 16.2. The average molecular weight is 460 g/mol. The third-order valence-corrected chi connectivity index (χ3v) is 5.14. The van der Waals surface area contributed by atoms with Gasteiger partial charge in [0, 0.05) is 6.54 Å². The van der Waals surface area contributed by atoms with Gasteiger partial charge < -0.3 is 19.9 Å². The Morgan fingerprint density at radius 1 is 1.00 bits per heavy atom.